The molecule has 50 heavy (non-hydrogen) atoms. The number of hydrogen-bond acceptors (Lipinski definition) is 11. The quantitative estimate of drug-likeness (QED) is 0.0882. The summed E-state index contributed by atoms with van der Waals surface area (Å²) in [5, 5.41) is 5.34. The Morgan fingerprint density at radius 3 is 1.98 bits per heavy atom. The van der Waals surface area contributed by atoms with Crippen molar-refractivity contribution >= 4 is 27.3 Å². The lowest BCUT2D eigenvalue weighted by Crippen LogP contribution is -2.05. The van der Waals surface area contributed by atoms with Crippen LogP contribution in [0.15, 0.2) is 78.0 Å². The van der Waals surface area contributed by atoms with Crippen LogP contribution in [0, 0.1) is 0 Å². The maximum atomic E-state index is 6.18. The number of thiazole rings is 1. The highest BCUT2D eigenvalue weighted by Gasteiger charge is 2.27. The molecule has 4 aromatic carbocycles. The topological polar surface area (TPSA) is 99.1 Å². The Morgan fingerprint density at radius 1 is 0.640 bits per heavy atom. The highest BCUT2D eigenvalue weighted by molar-refractivity contribution is 7.21. The van der Waals surface area contributed by atoms with Crippen LogP contribution in [0.1, 0.15) is 49.3 Å². The largest absolute Gasteiger partial charge is 0.493 e. The molecule has 10 nitrogen and oxygen atoms in total. The summed E-state index contributed by atoms with van der Waals surface area (Å²) in [6, 6.07) is 23.8. The molecule has 2 heterocycles. The number of hydrogen-bond donors (Lipinski definition) is 0. The van der Waals surface area contributed by atoms with Gasteiger partial charge in [0.05, 0.1) is 64.7 Å². The molecule has 0 bridgehead atoms. The summed E-state index contributed by atoms with van der Waals surface area (Å²) in [6.07, 6.45) is 4.17. The fraction of sp³-hybridized carbons (Fsp3) is 0.333. The molecule has 1 aromatic heterocycles. The number of para-hydroxylation sites is 1. The molecule has 6 rings (SSSR count). The van der Waals surface area contributed by atoms with Crippen molar-refractivity contribution in [1.82, 2.24) is 4.98 Å². The zero-order valence-corrected chi connectivity index (χ0v) is 29.8. The van der Waals surface area contributed by atoms with Crippen molar-refractivity contribution < 1.29 is 38.0 Å². The van der Waals surface area contributed by atoms with Crippen molar-refractivity contribution in [3.8, 4) is 50.8 Å². The third kappa shape index (κ3) is 7.83. The number of methoxy groups -OCH3 is 5. The normalized spacial score (nSPS) is 13.8. The van der Waals surface area contributed by atoms with Gasteiger partial charge in [0.1, 0.15) is 5.01 Å². The molecule has 0 fully saturated rings. The van der Waals surface area contributed by atoms with E-state index < -0.39 is 0 Å². The minimum atomic E-state index is -0.264. The smallest absolute Gasteiger partial charge is 0.203 e. The van der Waals surface area contributed by atoms with Gasteiger partial charge in [0, 0.05) is 17.5 Å². The Hall–Kier alpha value is -5.16. The van der Waals surface area contributed by atoms with E-state index in [4.69, 9.17) is 43.0 Å². The molecule has 0 spiro atoms. The second-order valence-corrected chi connectivity index (χ2v) is 12.7. The second-order valence-electron chi connectivity index (χ2n) is 11.6. The SMILES string of the molecule is COc1cc(-c2nc3ccccc3s2)ccc1OCCCCCCOc1cc(C2CC(c3cc(OC)c(OC)c(OC)c3)=NO2)ccc1OC. The summed E-state index contributed by atoms with van der Waals surface area (Å²) >= 11 is 1.67. The third-order valence-electron chi connectivity index (χ3n) is 8.48. The zero-order valence-electron chi connectivity index (χ0n) is 29.0. The van der Waals surface area contributed by atoms with Crippen molar-refractivity contribution in [1.29, 1.82) is 0 Å². The first-order valence-corrected chi connectivity index (χ1v) is 17.4. The first-order valence-electron chi connectivity index (χ1n) is 16.6. The molecule has 1 atom stereocenters. The summed E-state index contributed by atoms with van der Waals surface area (Å²) < 4.78 is 41.1. The van der Waals surface area contributed by atoms with E-state index in [1.165, 1.54) is 0 Å². The molecule has 0 saturated carbocycles. The summed E-state index contributed by atoms with van der Waals surface area (Å²) in [5.41, 5.74) is 4.60. The van der Waals surface area contributed by atoms with Gasteiger partial charge in [0.25, 0.3) is 0 Å². The molecule has 1 aliphatic heterocycles. The van der Waals surface area contributed by atoms with E-state index in [1.807, 2.05) is 66.7 Å². The molecular formula is C39H42N2O8S. The van der Waals surface area contributed by atoms with E-state index >= 15 is 0 Å². The molecule has 0 radical (unpaired) electrons. The first kappa shape index (κ1) is 34.7. The van der Waals surface area contributed by atoms with Gasteiger partial charge in [-0.05, 0) is 85.8 Å². The van der Waals surface area contributed by atoms with Crippen LogP contribution < -0.4 is 33.2 Å². The minimum Gasteiger partial charge on any atom is -0.493 e. The summed E-state index contributed by atoms with van der Waals surface area (Å²) in [5.74, 6) is 4.45. The molecule has 1 aliphatic rings. The van der Waals surface area contributed by atoms with E-state index in [1.54, 1.807) is 46.9 Å². The number of nitrogens with zero attached hydrogens (tertiary/aromatic N) is 2. The van der Waals surface area contributed by atoms with Crippen molar-refractivity contribution in [3.63, 3.8) is 0 Å². The van der Waals surface area contributed by atoms with Crippen LogP contribution in [0.2, 0.25) is 0 Å². The Labute approximate surface area is 296 Å². The third-order valence-corrected chi connectivity index (χ3v) is 9.57. The van der Waals surface area contributed by atoms with Crippen LogP contribution in [0.5, 0.6) is 40.2 Å². The van der Waals surface area contributed by atoms with E-state index in [2.05, 4.69) is 11.2 Å². The van der Waals surface area contributed by atoms with Gasteiger partial charge in [-0.1, -0.05) is 23.4 Å². The highest BCUT2D eigenvalue weighted by Crippen LogP contribution is 2.41. The van der Waals surface area contributed by atoms with Crippen LogP contribution >= 0.6 is 11.3 Å². The van der Waals surface area contributed by atoms with Crippen LogP contribution in [0.3, 0.4) is 0 Å². The van der Waals surface area contributed by atoms with Gasteiger partial charge < -0.3 is 38.0 Å². The van der Waals surface area contributed by atoms with Crippen molar-refractivity contribution in [3.05, 3.63) is 83.9 Å². The molecular weight excluding hydrogens is 657 g/mol. The van der Waals surface area contributed by atoms with Gasteiger partial charge in [0.2, 0.25) is 5.75 Å². The predicted octanol–water partition coefficient (Wildman–Crippen LogP) is 8.89. The standard InChI is InChI=1S/C39H42N2O8S/c1-42-30-16-14-25(32-24-29(41-49-32)27-22-35(44-3)38(46-5)36(23-27)45-4)20-34(30)48-19-11-7-6-10-18-47-31-17-15-26(21-33(31)43-2)39-40-28-12-8-9-13-37(28)50-39/h8-9,12-17,20-23,32H,6-7,10-11,18-19,24H2,1-5H3. The lowest BCUT2D eigenvalue weighted by atomic mass is 9.99. The van der Waals surface area contributed by atoms with E-state index in [0.717, 1.165) is 69.1 Å². The monoisotopic (exact) mass is 698 g/mol. The zero-order chi connectivity index (χ0) is 34.9. The maximum Gasteiger partial charge on any atom is 0.203 e. The number of rotatable bonds is 17. The Balaban J connectivity index is 0.958. The van der Waals surface area contributed by atoms with Gasteiger partial charge >= 0.3 is 0 Å². The number of oxime groups is 1. The number of aromatic nitrogens is 1. The highest BCUT2D eigenvalue weighted by atomic mass is 32.1. The number of ether oxygens (including phenoxy) is 7. The molecule has 262 valence electrons. The molecule has 0 aliphatic carbocycles. The van der Waals surface area contributed by atoms with E-state index in [9.17, 15) is 0 Å². The molecule has 5 aromatic rings. The minimum absolute atomic E-state index is 0.264. The van der Waals surface area contributed by atoms with E-state index in [-0.39, 0.29) is 6.10 Å². The van der Waals surface area contributed by atoms with Gasteiger partial charge in [-0.3, -0.25) is 0 Å². The van der Waals surface area contributed by atoms with Crippen molar-refractivity contribution in [2.24, 2.45) is 5.16 Å². The summed E-state index contributed by atoms with van der Waals surface area (Å²) in [4.78, 5) is 10.6. The fourth-order valence-electron chi connectivity index (χ4n) is 5.82. The van der Waals surface area contributed by atoms with Gasteiger partial charge in [0.15, 0.2) is 40.6 Å². The summed E-state index contributed by atoms with van der Waals surface area (Å²) in [6.45, 7) is 1.18. The van der Waals surface area contributed by atoms with Gasteiger partial charge in [-0.25, -0.2) is 4.98 Å². The van der Waals surface area contributed by atoms with Crippen LogP contribution in [-0.4, -0.2) is 59.5 Å². The molecule has 0 saturated heterocycles. The second kappa shape index (κ2) is 16.5. The van der Waals surface area contributed by atoms with Crippen molar-refractivity contribution in [2.75, 3.05) is 48.8 Å². The average Bonchev–Trinajstić information content (AvgIpc) is 3.83. The number of unbranched alkanes of at least 4 members (excludes halogenated alkanes) is 3. The Kier molecular flexibility index (Phi) is 11.4. The fourth-order valence-corrected chi connectivity index (χ4v) is 6.78. The first-order chi connectivity index (χ1) is 24.5. The molecule has 1 unspecified atom stereocenters. The summed E-state index contributed by atoms with van der Waals surface area (Å²) in [7, 11) is 8.07. The number of benzene rings is 4. The lowest BCUT2D eigenvalue weighted by molar-refractivity contribution is 0.0854. The number of fused-ring (bicyclic) bond motifs is 1. The Bertz CT molecular complexity index is 1880. The van der Waals surface area contributed by atoms with Crippen LogP contribution in [-0.2, 0) is 4.84 Å². The molecule has 0 N–H and O–H groups in total. The molecule has 11 heteroatoms. The maximum absolute atomic E-state index is 6.18. The van der Waals surface area contributed by atoms with Gasteiger partial charge in [-0.15, -0.1) is 11.3 Å². The van der Waals surface area contributed by atoms with E-state index in [0.29, 0.717) is 54.1 Å². The predicted molar refractivity (Wildman–Crippen MR) is 195 cm³/mol. The van der Waals surface area contributed by atoms with Crippen molar-refractivity contribution in [2.45, 2.75) is 38.2 Å². The van der Waals surface area contributed by atoms with Crippen LogP contribution in [0.4, 0.5) is 0 Å². The lowest BCUT2D eigenvalue weighted by Gasteiger charge is -2.15. The van der Waals surface area contributed by atoms with Crippen LogP contribution in [0.25, 0.3) is 20.8 Å². The average molecular weight is 699 g/mol. The Morgan fingerprint density at radius 2 is 1.30 bits per heavy atom. The molecule has 0 amide bonds. The van der Waals surface area contributed by atoms with Gasteiger partial charge in [-0.2, -0.15) is 0 Å².